The molecule has 4 amide bonds. The number of nitrogens with zero attached hydrogens (tertiary/aromatic N) is 2. The van der Waals surface area contributed by atoms with Crippen LogP contribution >= 0.6 is 11.6 Å². The number of nitrogens with one attached hydrogen (secondary N) is 1. The first-order valence-corrected chi connectivity index (χ1v) is 6.42. The van der Waals surface area contributed by atoms with Crippen molar-refractivity contribution in [2.24, 2.45) is 0 Å². The highest BCUT2D eigenvalue weighted by molar-refractivity contribution is 6.31. The van der Waals surface area contributed by atoms with Gasteiger partial charge in [0, 0.05) is 18.6 Å². The minimum atomic E-state index is -0.456. The van der Waals surface area contributed by atoms with Gasteiger partial charge in [0.25, 0.3) is 5.91 Å². The van der Waals surface area contributed by atoms with Gasteiger partial charge in [-0.15, -0.1) is 0 Å². The predicted octanol–water partition coefficient (Wildman–Crippen LogP) is 0.850. The van der Waals surface area contributed by atoms with Crippen molar-refractivity contribution in [1.82, 2.24) is 15.1 Å². The van der Waals surface area contributed by atoms with E-state index in [0.717, 1.165) is 10.5 Å². The molecule has 0 aromatic heterocycles. The quantitative estimate of drug-likeness (QED) is 0.837. The lowest BCUT2D eigenvalue weighted by molar-refractivity contribution is -0.130. The molecular formula is C13H14ClN3O3. The lowest BCUT2D eigenvalue weighted by Gasteiger charge is -2.14. The fourth-order valence-corrected chi connectivity index (χ4v) is 2.06. The SMILES string of the molecule is CN1CC(=O)N(CC(=O)NCc2ccccc2Cl)C1=O. The minimum absolute atomic E-state index is 0.0105. The van der Waals surface area contributed by atoms with Crippen molar-refractivity contribution in [1.29, 1.82) is 0 Å². The number of imide groups is 1. The van der Waals surface area contributed by atoms with Crippen LogP contribution < -0.4 is 5.32 Å². The van der Waals surface area contributed by atoms with Crippen molar-refractivity contribution in [3.63, 3.8) is 0 Å². The molecule has 0 saturated carbocycles. The van der Waals surface area contributed by atoms with Gasteiger partial charge < -0.3 is 10.2 Å². The molecule has 1 aliphatic rings. The van der Waals surface area contributed by atoms with E-state index in [-0.39, 0.29) is 25.5 Å². The monoisotopic (exact) mass is 295 g/mol. The highest BCUT2D eigenvalue weighted by Gasteiger charge is 2.34. The first kappa shape index (κ1) is 14.3. The molecule has 1 N–H and O–H groups in total. The largest absolute Gasteiger partial charge is 0.350 e. The van der Waals surface area contributed by atoms with Gasteiger partial charge in [-0.25, -0.2) is 4.79 Å². The molecule has 1 aromatic rings. The van der Waals surface area contributed by atoms with Gasteiger partial charge in [0.2, 0.25) is 5.91 Å². The van der Waals surface area contributed by atoms with Gasteiger partial charge >= 0.3 is 6.03 Å². The predicted molar refractivity (Wildman–Crippen MR) is 73.0 cm³/mol. The number of rotatable bonds is 4. The second-order valence-electron chi connectivity index (χ2n) is 4.49. The smallest absolute Gasteiger partial charge is 0.327 e. The van der Waals surface area contributed by atoms with Crippen molar-refractivity contribution in [2.75, 3.05) is 20.1 Å². The van der Waals surface area contributed by atoms with Crippen molar-refractivity contribution in [3.8, 4) is 0 Å². The van der Waals surface area contributed by atoms with Gasteiger partial charge in [0.1, 0.15) is 13.1 Å². The molecule has 0 aliphatic carbocycles. The summed E-state index contributed by atoms with van der Waals surface area (Å²) in [5, 5.41) is 3.19. The van der Waals surface area contributed by atoms with Crippen LogP contribution in [0.4, 0.5) is 4.79 Å². The number of halogens is 1. The molecular weight excluding hydrogens is 282 g/mol. The Morgan fingerprint density at radius 1 is 1.35 bits per heavy atom. The molecule has 6 nitrogen and oxygen atoms in total. The summed E-state index contributed by atoms with van der Waals surface area (Å²) in [7, 11) is 1.52. The van der Waals surface area contributed by atoms with Crippen LogP contribution in [-0.4, -0.2) is 47.8 Å². The zero-order valence-corrected chi connectivity index (χ0v) is 11.7. The second-order valence-corrected chi connectivity index (χ2v) is 4.89. The summed E-state index contributed by atoms with van der Waals surface area (Å²) in [6, 6.07) is 6.68. The van der Waals surface area contributed by atoms with Gasteiger partial charge in [-0.3, -0.25) is 14.5 Å². The molecule has 1 saturated heterocycles. The third-order valence-corrected chi connectivity index (χ3v) is 3.34. The summed E-state index contributed by atoms with van der Waals surface area (Å²) in [6.07, 6.45) is 0. The Kier molecular flexibility index (Phi) is 4.24. The van der Waals surface area contributed by atoms with Crippen molar-refractivity contribution in [2.45, 2.75) is 6.54 Å². The minimum Gasteiger partial charge on any atom is -0.350 e. The van der Waals surface area contributed by atoms with Gasteiger partial charge in [0.05, 0.1) is 0 Å². The van der Waals surface area contributed by atoms with Crippen LogP contribution in [0.25, 0.3) is 0 Å². The van der Waals surface area contributed by atoms with E-state index in [9.17, 15) is 14.4 Å². The van der Waals surface area contributed by atoms with E-state index in [2.05, 4.69) is 5.32 Å². The standard InChI is InChI=1S/C13H14ClN3O3/c1-16-8-12(19)17(13(16)20)7-11(18)15-6-9-4-2-3-5-10(9)14/h2-5H,6-8H2,1H3,(H,15,18). The van der Waals surface area contributed by atoms with Gasteiger partial charge in [-0.2, -0.15) is 0 Å². The number of hydrogen-bond acceptors (Lipinski definition) is 3. The first-order chi connectivity index (χ1) is 9.49. The molecule has 0 unspecified atom stereocenters. The van der Waals surface area contributed by atoms with Crippen molar-refractivity contribution < 1.29 is 14.4 Å². The molecule has 106 valence electrons. The molecule has 2 rings (SSSR count). The fourth-order valence-electron chi connectivity index (χ4n) is 1.86. The normalized spacial score (nSPS) is 14.9. The van der Waals surface area contributed by atoms with E-state index in [1.165, 1.54) is 11.9 Å². The molecule has 0 radical (unpaired) electrons. The molecule has 0 spiro atoms. The van der Waals surface area contributed by atoms with Crippen LogP contribution in [0, 0.1) is 0 Å². The summed E-state index contributed by atoms with van der Waals surface area (Å²) >= 11 is 5.97. The lowest BCUT2D eigenvalue weighted by Crippen LogP contribution is -2.40. The third-order valence-electron chi connectivity index (χ3n) is 2.97. The van der Waals surface area contributed by atoms with Crippen LogP contribution in [0.5, 0.6) is 0 Å². The lowest BCUT2D eigenvalue weighted by atomic mass is 10.2. The summed E-state index contributed by atoms with van der Waals surface area (Å²) in [4.78, 5) is 37.1. The van der Waals surface area contributed by atoms with Crippen LogP contribution in [0.15, 0.2) is 24.3 Å². The number of hydrogen-bond donors (Lipinski definition) is 1. The molecule has 20 heavy (non-hydrogen) atoms. The summed E-state index contributed by atoms with van der Waals surface area (Å²) in [5.41, 5.74) is 0.777. The first-order valence-electron chi connectivity index (χ1n) is 6.04. The van der Waals surface area contributed by atoms with Crippen molar-refractivity contribution >= 4 is 29.4 Å². The number of likely N-dealkylation sites (N-methyl/N-ethyl adjacent to an activating group) is 1. The highest BCUT2D eigenvalue weighted by Crippen LogP contribution is 2.14. The summed E-state index contributed by atoms with van der Waals surface area (Å²) in [6.45, 7) is -0.00630. The van der Waals surface area contributed by atoms with E-state index in [1.54, 1.807) is 18.2 Å². The number of amides is 4. The zero-order valence-electron chi connectivity index (χ0n) is 10.9. The Morgan fingerprint density at radius 3 is 2.65 bits per heavy atom. The van der Waals surface area contributed by atoms with Gasteiger partial charge in [-0.05, 0) is 11.6 Å². The van der Waals surface area contributed by atoms with Crippen molar-refractivity contribution in [3.05, 3.63) is 34.9 Å². The number of carbonyl (C=O) groups excluding carboxylic acids is 3. The number of urea groups is 1. The van der Waals surface area contributed by atoms with E-state index < -0.39 is 11.9 Å². The Morgan fingerprint density at radius 2 is 2.05 bits per heavy atom. The maximum Gasteiger partial charge on any atom is 0.327 e. The van der Waals surface area contributed by atoms with Gasteiger partial charge in [0.15, 0.2) is 0 Å². The van der Waals surface area contributed by atoms with Crippen LogP contribution in [0.2, 0.25) is 5.02 Å². The maximum atomic E-state index is 11.8. The maximum absolute atomic E-state index is 11.8. The number of benzene rings is 1. The van der Waals surface area contributed by atoms with Crippen LogP contribution in [-0.2, 0) is 16.1 Å². The molecule has 1 aromatic carbocycles. The molecule has 0 bridgehead atoms. The topological polar surface area (TPSA) is 69.7 Å². The Balaban J connectivity index is 1.89. The molecule has 7 heteroatoms. The average molecular weight is 296 g/mol. The highest BCUT2D eigenvalue weighted by atomic mass is 35.5. The average Bonchev–Trinajstić information content (AvgIpc) is 2.64. The van der Waals surface area contributed by atoms with E-state index in [4.69, 9.17) is 11.6 Å². The molecule has 1 aliphatic heterocycles. The zero-order chi connectivity index (χ0) is 14.7. The molecule has 1 fully saturated rings. The third kappa shape index (κ3) is 3.08. The summed E-state index contributed by atoms with van der Waals surface area (Å²) in [5.74, 6) is -0.771. The fraction of sp³-hybridized carbons (Fsp3) is 0.308. The van der Waals surface area contributed by atoms with Crippen LogP contribution in [0.1, 0.15) is 5.56 Å². The Hall–Kier alpha value is -2.08. The molecule has 1 heterocycles. The Labute approximate surface area is 121 Å². The Bertz CT molecular complexity index is 562. The van der Waals surface area contributed by atoms with E-state index in [0.29, 0.717) is 5.02 Å². The van der Waals surface area contributed by atoms with E-state index in [1.807, 2.05) is 6.07 Å². The molecule has 0 atom stereocenters. The van der Waals surface area contributed by atoms with E-state index >= 15 is 0 Å². The van der Waals surface area contributed by atoms with Gasteiger partial charge in [-0.1, -0.05) is 29.8 Å². The van der Waals surface area contributed by atoms with Crippen LogP contribution in [0.3, 0.4) is 0 Å². The summed E-state index contributed by atoms with van der Waals surface area (Å²) < 4.78 is 0. The second kappa shape index (κ2) is 5.92. The number of carbonyl (C=O) groups is 3.